The SMILES string of the molecule is CC(C)(c1ccc(O)cc1)c1ccc(CCCOCCCCCO)cc1. The van der Waals surface area contributed by atoms with E-state index in [0.29, 0.717) is 5.75 Å². The molecule has 0 atom stereocenters. The molecular formula is C23H32O3. The summed E-state index contributed by atoms with van der Waals surface area (Å²) in [6, 6.07) is 16.3. The van der Waals surface area contributed by atoms with E-state index in [1.54, 1.807) is 12.1 Å². The Balaban J connectivity index is 1.79. The van der Waals surface area contributed by atoms with Crippen LogP contribution in [0.1, 0.15) is 56.2 Å². The van der Waals surface area contributed by atoms with Crippen LogP contribution in [0, 0.1) is 0 Å². The van der Waals surface area contributed by atoms with Gasteiger partial charge in [0.15, 0.2) is 0 Å². The first-order chi connectivity index (χ1) is 12.5. The molecule has 0 aliphatic rings. The first-order valence-electron chi connectivity index (χ1n) is 9.61. The fraction of sp³-hybridized carbons (Fsp3) is 0.478. The topological polar surface area (TPSA) is 49.7 Å². The maximum absolute atomic E-state index is 9.48. The number of hydrogen-bond acceptors (Lipinski definition) is 3. The minimum absolute atomic E-state index is 0.0933. The molecule has 0 amide bonds. The van der Waals surface area contributed by atoms with E-state index >= 15 is 0 Å². The number of phenols is 1. The predicted octanol–water partition coefficient (Wildman–Crippen LogP) is 4.83. The highest BCUT2D eigenvalue weighted by atomic mass is 16.5. The third-order valence-electron chi connectivity index (χ3n) is 4.97. The Bertz CT molecular complexity index is 630. The van der Waals surface area contributed by atoms with Crippen LogP contribution in [0.5, 0.6) is 5.75 Å². The lowest BCUT2D eigenvalue weighted by Gasteiger charge is -2.26. The van der Waals surface area contributed by atoms with Crippen LogP contribution in [0.15, 0.2) is 48.5 Å². The molecule has 0 saturated heterocycles. The van der Waals surface area contributed by atoms with Gasteiger partial charge in [-0.2, -0.15) is 0 Å². The first-order valence-corrected chi connectivity index (χ1v) is 9.61. The van der Waals surface area contributed by atoms with Crippen molar-refractivity contribution < 1.29 is 14.9 Å². The monoisotopic (exact) mass is 356 g/mol. The number of hydrogen-bond donors (Lipinski definition) is 2. The average molecular weight is 357 g/mol. The van der Waals surface area contributed by atoms with Gasteiger partial charge in [-0.1, -0.05) is 50.2 Å². The number of aromatic hydroxyl groups is 1. The minimum atomic E-state index is -0.0933. The molecule has 0 spiro atoms. The number of aryl methyl sites for hydroxylation is 1. The zero-order valence-electron chi connectivity index (χ0n) is 16.1. The van der Waals surface area contributed by atoms with E-state index in [2.05, 4.69) is 38.1 Å². The van der Waals surface area contributed by atoms with Crippen LogP contribution in [-0.2, 0) is 16.6 Å². The molecule has 0 unspecified atom stereocenters. The molecule has 2 rings (SSSR count). The fourth-order valence-corrected chi connectivity index (χ4v) is 3.11. The van der Waals surface area contributed by atoms with E-state index in [4.69, 9.17) is 9.84 Å². The van der Waals surface area contributed by atoms with Gasteiger partial charge in [0, 0.05) is 25.2 Å². The molecule has 142 valence electrons. The number of aliphatic hydroxyl groups is 1. The van der Waals surface area contributed by atoms with Gasteiger partial charge in [-0.3, -0.25) is 0 Å². The number of unbranched alkanes of at least 4 members (excludes halogenated alkanes) is 2. The number of aliphatic hydroxyl groups excluding tert-OH is 1. The van der Waals surface area contributed by atoms with Crippen molar-refractivity contribution in [2.45, 2.75) is 51.4 Å². The summed E-state index contributed by atoms with van der Waals surface area (Å²) in [5.41, 5.74) is 3.70. The second kappa shape index (κ2) is 10.3. The van der Waals surface area contributed by atoms with Crippen molar-refractivity contribution in [3.8, 4) is 5.75 Å². The number of phenolic OH excluding ortho intramolecular Hbond substituents is 1. The average Bonchev–Trinajstić information content (AvgIpc) is 2.65. The number of benzene rings is 2. The van der Waals surface area contributed by atoms with Gasteiger partial charge in [-0.05, 0) is 60.9 Å². The van der Waals surface area contributed by atoms with Crippen LogP contribution in [0.3, 0.4) is 0 Å². The molecule has 0 saturated carbocycles. The van der Waals surface area contributed by atoms with Crippen LogP contribution < -0.4 is 0 Å². The summed E-state index contributed by atoms with van der Waals surface area (Å²) in [5.74, 6) is 0.301. The van der Waals surface area contributed by atoms with E-state index < -0.39 is 0 Å². The van der Waals surface area contributed by atoms with Crippen LogP contribution in [0.2, 0.25) is 0 Å². The second-order valence-electron chi connectivity index (χ2n) is 7.37. The molecule has 3 heteroatoms. The lowest BCUT2D eigenvalue weighted by molar-refractivity contribution is 0.126. The Morgan fingerprint density at radius 3 is 1.96 bits per heavy atom. The standard InChI is InChI=1S/C23H32O3/c1-23(2,21-12-14-22(25)15-13-21)20-10-8-19(9-11-20)7-6-18-26-17-5-3-4-16-24/h8-15,24-25H,3-7,16-18H2,1-2H3. The van der Waals surface area contributed by atoms with E-state index in [1.807, 2.05) is 12.1 Å². The van der Waals surface area contributed by atoms with Gasteiger partial charge >= 0.3 is 0 Å². The maximum atomic E-state index is 9.48. The molecule has 0 heterocycles. The summed E-state index contributed by atoms with van der Waals surface area (Å²) in [6.45, 7) is 6.28. The highest BCUT2D eigenvalue weighted by Crippen LogP contribution is 2.32. The molecule has 0 fully saturated rings. The summed E-state index contributed by atoms with van der Waals surface area (Å²) in [6.07, 6.45) is 4.99. The third-order valence-corrected chi connectivity index (χ3v) is 4.97. The van der Waals surface area contributed by atoms with E-state index in [0.717, 1.165) is 45.3 Å². The summed E-state index contributed by atoms with van der Waals surface area (Å²) in [4.78, 5) is 0. The Kier molecular flexibility index (Phi) is 8.14. The number of ether oxygens (including phenoxy) is 1. The highest BCUT2D eigenvalue weighted by molar-refractivity contribution is 5.40. The molecular weight excluding hydrogens is 324 g/mol. The zero-order chi connectivity index (χ0) is 18.8. The summed E-state index contributed by atoms with van der Waals surface area (Å²) in [7, 11) is 0. The van der Waals surface area contributed by atoms with E-state index in [9.17, 15) is 5.11 Å². The van der Waals surface area contributed by atoms with Crippen LogP contribution in [0.25, 0.3) is 0 Å². The molecule has 3 nitrogen and oxygen atoms in total. The van der Waals surface area contributed by atoms with Gasteiger partial charge in [0.2, 0.25) is 0 Å². The predicted molar refractivity (Wildman–Crippen MR) is 107 cm³/mol. The minimum Gasteiger partial charge on any atom is -0.508 e. The van der Waals surface area contributed by atoms with Crippen molar-refractivity contribution in [2.75, 3.05) is 19.8 Å². The van der Waals surface area contributed by atoms with E-state index in [-0.39, 0.29) is 12.0 Å². The molecule has 0 radical (unpaired) electrons. The molecule has 0 aromatic heterocycles. The fourth-order valence-electron chi connectivity index (χ4n) is 3.11. The van der Waals surface area contributed by atoms with Crippen molar-refractivity contribution in [3.63, 3.8) is 0 Å². The van der Waals surface area contributed by atoms with Crippen molar-refractivity contribution in [2.24, 2.45) is 0 Å². The highest BCUT2D eigenvalue weighted by Gasteiger charge is 2.22. The van der Waals surface area contributed by atoms with Gasteiger partial charge in [0.1, 0.15) is 5.75 Å². The Morgan fingerprint density at radius 2 is 1.35 bits per heavy atom. The second-order valence-corrected chi connectivity index (χ2v) is 7.37. The van der Waals surface area contributed by atoms with Crippen LogP contribution in [0.4, 0.5) is 0 Å². The smallest absolute Gasteiger partial charge is 0.115 e. The Hall–Kier alpha value is -1.84. The van der Waals surface area contributed by atoms with Crippen LogP contribution in [-0.4, -0.2) is 30.0 Å². The Labute approximate surface area is 157 Å². The summed E-state index contributed by atoms with van der Waals surface area (Å²) in [5, 5.41) is 18.2. The van der Waals surface area contributed by atoms with Crippen molar-refractivity contribution in [1.29, 1.82) is 0 Å². The maximum Gasteiger partial charge on any atom is 0.115 e. The largest absolute Gasteiger partial charge is 0.508 e. The lowest BCUT2D eigenvalue weighted by atomic mass is 9.78. The quantitative estimate of drug-likeness (QED) is 0.567. The lowest BCUT2D eigenvalue weighted by Crippen LogP contribution is -2.18. The van der Waals surface area contributed by atoms with Gasteiger partial charge in [-0.25, -0.2) is 0 Å². The van der Waals surface area contributed by atoms with Crippen molar-refractivity contribution >= 4 is 0 Å². The van der Waals surface area contributed by atoms with Crippen molar-refractivity contribution in [1.82, 2.24) is 0 Å². The van der Waals surface area contributed by atoms with Gasteiger partial charge in [0.05, 0.1) is 0 Å². The zero-order valence-corrected chi connectivity index (χ0v) is 16.1. The van der Waals surface area contributed by atoms with Crippen LogP contribution >= 0.6 is 0 Å². The summed E-state index contributed by atoms with van der Waals surface area (Å²) < 4.78 is 5.65. The molecule has 2 N–H and O–H groups in total. The molecule has 0 aliphatic carbocycles. The van der Waals surface area contributed by atoms with Crippen molar-refractivity contribution in [3.05, 3.63) is 65.2 Å². The molecule has 2 aromatic carbocycles. The Morgan fingerprint density at radius 1 is 0.769 bits per heavy atom. The molecule has 26 heavy (non-hydrogen) atoms. The first kappa shape index (κ1) is 20.5. The van der Waals surface area contributed by atoms with Gasteiger partial charge in [0.25, 0.3) is 0 Å². The number of rotatable bonds is 11. The normalized spacial score (nSPS) is 11.7. The third kappa shape index (κ3) is 6.15. The molecule has 0 aliphatic heterocycles. The summed E-state index contributed by atoms with van der Waals surface area (Å²) >= 11 is 0. The van der Waals surface area contributed by atoms with Gasteiger partial charge in [-0.15, -0.1) is 0 Å². The van der Waals surface area contributed by atoms with Gasteiger partial charge < -0.3 is 14.9 Å². The molecule has 2 aromatic rings. The van der Waals surface area contributed by atoms with E-state index in [1.165, 1.54) is 16.7 Å². The molecule has 0 bridgehead atoms.